The van der Waals surface area contributed by atoms with E-state index >= 15 is 0 Å². The predicted octanol–water partition coefficient (Wildman–Crippen LogP) is 2.72. The SMILES string of the molecule is CC(C=CCCc1ccccc1)(C(=O)O)C(CCN)[P+](=O)O. The standard InChI is InChI=1S/C16H22NO4P/c1-16(15(18)19,14(10-12-17)22(20)21)11-6-5-9-13-7-3-2-4-8-13/h2-4,6-8,11,14H,5,9-10,12,17H2,1H3,(H-,18,19,20,21)/p+1. The minimum Gasteiger partial charge on any atom is -0.480 e. The van der Waals surface area contributed by atoms with Gasteiger partial charge in [-0.3, -0.25) is 4.79 Å². The van der Waals surface area contributed by atoms with E-state index in [1.54, 1.807) is 6.08 Å². The molecule has 0 amide bonds. The minimum atomic E-state index is -2.62. The Balaban J connectivity index is 2.79. The first-order chi connectivity index (χ1) is 10.4. The van der Waals surface area contributed by atoms with Gasteiger partial charge >= 0.3 is 14.0 Å². The third-order valence-electron chi connectivity index (χ3n) is 3.77. The lowest BCUT2D eigenvalue weighted by molar-refractivity contribution is -0.145. The monoisotopic (exact) mass is 324 g/mol. The van der Waals surface area contributed by atoms with Crippen molar-refractivity contribution in [2.45, 2.75) is 31.8 Å². The number of nitrogens with two attached hydrogens (primary N) is 1. The molecule has 6 heteroatoms. The summed E-state index contributed by atoms with van der Waals surface area (Å²) in [4.78, 5) is 21.0. The largest absolute Gasteiger partial charge is 0.510 e. The van der Waals surface area contributed by atoms with Crippen LogP contribution in [0, 0.1) is 5.41 Å². The minimum absolute atomic E-state index is 0.174. The Morgan fingerprint density at radius 1 is 1.41 bits per heavy atom. The van der Waals surface area contributed by atoms with Crippen LogP contribution < -0.4 is 5.73 Å². The molecule has 0 fully saturated rings. The van der Waals surface area contributed by atoms with Crippen LogP contribution in [-0.2, 0) is 15.8 Å². The number of benzene rings is 1. The topological polar surface area (TPSA) is 101 Å². The van der Waals surface area contributed by atoms with Gasteiger partial charge in [-0.1, -0.05) is 42.5 Å². The van der Waals surface area contributed by atoms with Gasteiger partial charge in [0, 0.05) is 6.42 Å². The second-order valence-corrected chi connectivity index (χ2v) is 6.64. The number of allylic oxidation sites excluding steroid dienone is 1. The fourth-order valence-corrected chi connectivity index (χ4v) is 3.37. The summed E-state index contributed by atoms with van der Waals surface area (Å²) in [7, 11) is -2.62. The van der Waals surface area contributed by atoms with Crippen LogP contribution in [0.2, 0.25) is 0 Å². The van der Waals surface area contributed by atoms with Crippen molar-refractivity contribution in [3.8, 4) is 0 Å². The van der Waals surface area contributed by atoms with E-state index in [9.17, 15) is 19.4 Å². The molecule has 5 nitrogen and oxygen atoms in total. The van der Waals surface area contributed by atoms with E-state index in [2.05, 4.69) is 0 Å². The van der Waals surface area contributed by atoms with Gasteiger partial charge in [-0.05, 0) is 36.4 Å². The van der Waals surface area contributed by atoms with Gasteiger partial charge in [0.05, 0.1) is 0 Å². The van der Waals surface area contributed by atoms with Gasteiger partial charge in [0.1, 0.15) is 5.41 Å². The van der Waals surface area contributed by atoms with Gasteiger partial charge in [0.2, 0.25) is 5.66 Å². The number of aliphatic carboxylic acids is 1. The normalized spacial score (nSPS) is 16.2. The van der Waals surface area contributed by atoms with E-state index in [4.69, 9.17) is 5.73 Å². The molecule has 22 heavy (non-hydrogen) atoms. The predicted molar refractivity (Wildman–Crippen MR) is 86.9 cm³/mol. The zero-order valence-electron chi connectivity index (χ0n) is 12.7. The summed E-state index contributed by atoms with van der Waals surface area (Å²) >= 11 is 0. The highest BCUT2D eigenvalue weighted by Crippen LogP contribution is 2.41. The third kappa shape index (κ3) is 5.02. The number of carboxylic acids is 1. The molecule has 0 saturated carbocycles. The lowest BCUT2D eigenvalue weighted by Crippen LogP contribution is -2.37. The molecular weight excluding hydrogens is 301 g/mol. The molecule has 3 atom stereocenters. The van der Waals surface area contributed by atoms with E-state index in [1.165, 1.54) is 13.0 Å². The van der Waals surface area contributed by atoms with Crippen LogP contribution in [0.1, 0.15) is 25.3 Å². The quantitative estimate of drug-likeness (QED) is 0.479. The summed E-state index contributed by atoms with van der Waals surface area (Å²) in [6, 6.07) is 9.86. The van der Waals surface area contributed by atoms with Crippen LogP contribution in [0.5, 0.6) is 0 Å². The fourth-order valence-electron chi connectivity index (χ4n) is 2.35. The highest BCUT2D eigenvalue weighted by atomic mass is 31.1. The lowest BCUT2D eigenvalue weighted by Gasteiger charge is -2.22. The van der Waals surface area contributed by atoms with Crippen LogP contribution in [0.25, 0.3) is 0 Å². The van der Waals surface area contributed by atoms with Crippen molar-refractivity contribution in [2.75, 3.05) is 6.54 Å². The summed E-state index contributed by atoms with van der Waals surface area (Å²) in [5.41, 5.74) is 4.32. The molecule has 0 bridgehead atoms. The van der Waals surface area contributed by atoms with Gasteiger partial charge in [0.25, 0.3) is 0 Å². The molecule has 0 aromatic heterocycles. The number of carboxylic acid groups (broad SMARTS) is 1. The zero-order valence-corrected chi connectivity index (χ0v) is 13.6. The first kappa shape index (κ1) is 18.5. The van der Waals surface area contributed by atoms with Crippen molar-refractivity contribution in [1.29, 1.82) is 0 Å². The van der Waals surface area contributed by atoms with Gasteiger partial charge in [-0.25, -0.2) is 0 Å². The maximum atomic E-state index is 11.6. The van der Waals surface area contributed by atoms with Crippen molar-refractivity contribution in [3.05, 3.63) is 48.0 Å². The Morgan fingerprint density at radius 2 is 2.05 bits per heavy atom. The lowest BCUT2D eigenvalue weighted by atomic mass is 9.84. The Morgan fingerprint density at radius 3 is 2.55 bits per heavy atom. The smallest absolute Gasteiger partial charge is 0.480 e. The average molecular weight is 324 g/mol. The van der Waals surface area contributed by atoms with Crippen LogP contribution in [0.15, 0.2) is 42.5 Å². The first-order valence-electron chi connectivity index (χ1n) is 7.22. The second-order valence-electron chi connectivity index (χ2n) is 5.41. The van der Waals surface area contributed by atoms with Crippen molar-refractivity contribution >= 4 is 14.0 Å². The van der Waals surface area contributed by atoms with E-state index in [0.29, 0.717) is 6.42 Å². The number of aryl methyl sites for hydroxylation is 1. The molecule has 1 aromatic carbocycles. The molecule has 3 unspecified atom stereocenters. The number of hydrogen-bond donors (Lipinski definition) is 3. The molecule has 0 aliphatic heterocycles. The van der Waals surface area contributed by atoms with Crippen LogP contribution >= 0.6 is 8.03 Å². The molecule has 0 saturated heterocycles. The summed E-state index contributed by atoms with van der Waals surface area (Å²) in [6.45, 7) is 1.64. The molecule has 4 N–H and O–H groups in total. The van der Waals surface area contributed by atoms with Crippen LogP contribution in [0.3, 0.4) is 0 Å². The molecule has 1 aromatic rings. The van der Waals surface area contributed by atoms with E-state index in [1.807, 2.05) is 30.3 Å². The van der Waals surface area contributed by atoms with Gasteiger partial charge in [-0.15, -0.1) is 0 Å². The van der Waals surface area contributed by atoms with Crippen molar-refractivity contribution in [2.24, 2.45) is 11.1 Å². The molecular formula is C16H23NO4P+. The van der Waals surface area contributed by atoms with E-state index in [0.717, 1.165) is 12.0 Å². The summed E-state index contributed by atoms with van der Waals surface area (Å²) in [5, 5.41) is 9.46. The zero-order chi connectivity index (χ0) is 16.6. The average Bonchev–Trinajstić information content (AvgIpc) is 2.49. The van der Waals surface area contributed by atoms with Gasteiger partial charge in [0.15, 0.2) is 0 Å². The fraction of sp³-hybridized carbons (Fsp3) is 0.438. The molecule has 0 radical (unpaired) electrons. The van der Waals surface area contributed by atoms with E-state index < -0.39 is 25.1 Å². The maximum Gasteiger partial charge on any atom is 0.510 e. The van der Waals surface area contributed by atoms with Crippen LogP contribution in [-0.4, -0.2) is 28.2 Å². The Bertz CT molecular complexity index is 532. The molecule has 120 valence electrons. The Kier molecular flexibility index (Phi) is 7.39. The molecule has 0 heterocycles. The second kappa shape index (κ2) is 8.79. The van der Waals surface area contributed by atoms with Gasteiger partial charge < -0.3 is 10.8 Å². The van der Waals surface area contributed by atoms with Crippen molar-refractivity contribution < 1.29 is 19.4 Å². The molecule has 1 rings (SSSR count). The third-order valence-corrected chi connectivity index (χ3v) is 5.09. The maximum absolute atomic E-state index is 11.6. The Labute approximate surface area is 131 Å². The van der Waals surface area contributed by atoms with Crippen LogP contribution in [0.4, 0.5) is 0 Å². The van der Waals surface area contributed by atoms with Crippen molar-refractivity contribution in [3.63, 3.8) is 0 Å². The highest BCUT2D eigenvalue weighted by molar-refractivity contribution is 7.39. The molecule has 0 spiro atoms. The number of rotatable bonds is 9. The first-order valence-corrected chi connectivity index (χ1v) is 8.50. The Hall–Kier alpha value is -1.55. The number of hydrogen-bond acceptors (Lipinski definition) is 3. The summed E-state index contributed by atoms with van der Waals surface area (Å²) in [5.74, 6) is -1.11. The van der Waals surface area contributed by atoms with E-state index in [-0.39, 0.29) is 13.0 Å². The van der Waals surface area contributed by atoms with Gasteiger partial charge in [-0.2, -0.15) is 4.89 Å². The molecule has 0 aliphatic carbocycles. The summed E-state index contributed by atoms with van der Waals surface area (Å²) in [6.07, 6.45) is 4.95. The number of carbonyl (C=O) groups is 1. The molecule has 0 aliphatic rings. The van der Waals surface area contributed by atoms with Crippen molar-refractivity contribution in [1.82, 2.24) is 0 Å². The summed E-state index contributed by atoms with van der Waals surface area (Å²) < 4.78 is 11.5. The highest BCUT2D eigenvalue weighted by Gasteiger charge is 2.50.